The van der Waals surface area contributed by atoms with Crippen molar-refractivity contribution < 1.29 is 9.47 Å². The molecule has 3 rings (SSSR count). The molecule has 1 saturated heterocycles. The van der Waals surface area contributed by atoms with Crippen LogP contribution < -0.4 is 0 Å². The Bertz CT molecular complexity index is 494. The molecule has 2 aliphatic heterocycles. The van der Waals surface area contributed by atoms with Crippen molar-refractivity contribution in [1.29, 1.82) is 0 Å². The monoisotopic (exact) mass is 321 g/mol. The summed E-state index contributed by atoms with van der Waals surface area (Å²) in [6.45, 7) is 11.4. The summed E-state index contributed by atoms with van der Waals surface area (Å²) in [5.41, 5.74) is 2.81. The predicted octanol–water partition coefficient (Wildman–Crippen LogP) is 2.51. The first-order chi connectivity index (χ1) is 11.2. The third kappa shape index (κ3) is 4.14. The summed E-state index contributed by atoms with van der Waals surface area (Å²) >= 11 is 0. The van der Waals surface area contributed by atoms with E-state index in [9.17, 15) is 0 Å². The molecule has 0 amide bonds. The van der Waals surface area contributed by atoms with Gasteiger partial charge in [-0.15, -0.1) is 0 Å². The van der Waals surface area contributed by atoms with Gasteiger partial charge in [0, 0.05) is 63.7 Å². The van der Waals surface area contributed by atoms with Gasteiger partial charge in [0.25, 0.3) is 0 Å². The summed E-state index contributed by atoms with van der Waals surface area (Å²) in [7, 11) is 1.81. The molecular weight excluding hydrogens is 290 g/mol. The van der Waals surface area contributed by atoms with Gasteiger partial charge in [-0.25, -0.2) is 0 Å². The summed E-state index contributed by atoms with van der Waals surface area (Å²) in [5.74, 6) is 1.83. The molecule has 5 heteroatoms. The molecule has 1 aromatic rings. The summed E-state index contributed by atoms with van der Waals surface area (Å²) in [6, 6.07) is 0. The Morgan fingerprint density at radius 2 is 2.13 bits per heavy atom. The van der Waals surface area contributed by atoms with Crippen LogP contribution in [-0.4, -0.2) is 54.7 Å². The maximum absolute atomic E-state index is 5.52. The highest BCUT2D eigenvalue weighted by atomic mass is 16.5. The lowest BCUT2D eigenvalue weighted by Gasteiger charge is -2.34. The van der Waals surface area contributed by atoms with E-state index in [1.165, 1.54) is 11.3 Å². The van der Waals surface area contributed by atoms with E-state index in [1.807, 2.05) is 0 Å². The highest BCUT2D eigenvalue weighted by Crippen LogP contribution is 2.30. The number of hydrogen-bond donors (Lipinski definition) is 0. The first kappa shape index (κ1) is 16.9. The van der Waals surface area contributed by atoms with Crippen LogP contribution in [0.25, 0.3) is 0 Å². The molecule has 1 aromatic heterocycles. The summed E-state index contributed by atoms with van der Waals surface area (Å²) < 4.78 is 13.3. The molecule has 1 fully saturated rings. The summed E-state index contributed by atoms with van der Waals surface area (Å²) in [6.07, 6.45) is 4.40. The van der Waals surface area contributed by atoms with Crippen LogP contribution in [0, 0.1) is 11.8 Å². The average Bonchev–Trinajstić information content (AvgIpc) is 2.91. The molecule has 0 radical (unpaired) electrons. The first-order valence-corrected chi connectivity index (χ1v) is 9.01. The molecule has 1 unspecified atom stereocenters. The van der Waals surface area contributed by atoms with E-state index in [-0.39, 0.29) is 0 Å². The lowest BCUT2D eigenvalue weighted by Crippen LogP contribution is -2.38. The topological polar surface area (TPSA) is 39.5 Å². The van der Waals surface area contributed by atoms with Gasteiger partial charge in [-0.1, -0.05) is 13.8 Å². The Kier molecular flexibility index (Phi) is 5.72. The second-order valence-corrected chi connectivity index (χ2v) is 7.53. The van der Waals surface area contributed by atoms with E-state index in [4.69, 9.17) is 14.6 Å². The van der Waals surface area contributed by atoms with Crippen molar-refractivity contribution in [2.24, 2.45) is 11.8 Å². The van der Waals surface area contributed by atoms with Crippen LogP contribution in [0.2, 0.25) is 0 Å². The van der Waals surface area contributed by atoms with Crippen LogP contribution in [0.15, 0.2) is 6.20 Å². The Balaban J connectivity index is 1.75. The highest BCUT2D eigenvalue weighted by molar-refractivity contribution is 5.25. The number of ether oxygens (including phenoxy) is 2. The van der Waals surface area contributed by atoms with Gasteiger partial charge >= 0.3 is 0 Å². The van der Waals surface area contributed by atoms with Crippen LogP contribution in [0.1, 0.15) is 43.9 Å². The molecule has 0 saturated carbocycles. The first-order valence-electron chi connectivity index (χ1n) is 9.01. The minimum Gasteiger partial charge on any atom is -0.384 e. The highest BCUT2D eigenvalue weighted by Gasteiger charge is 2.30. The molecular formula is C18H31N3O2. The van der Waals surface area contributed by atoms with Crippen LogP contribution in [0.4, 0.5) is 0 Å². The SMILES string of the molecule is COCC1CN(CC(C)C)Cc2cnn(CC3CCOCC3)c21. The Labute approximate surface area is 139 Å². The zero-order chi connectivity index (χ0) is 16.2. The Hall–Kier alpha value is -0.910. The number of rotatable bonds is 6. The summed E-state index contributed by atoms with van der Waals surface area (Å²) in [5, 5.41) is 4.73. The third-order valence-electron chi connectivity index (χ3n) is 4.98. The number of methoxy groups -OCH3 is 1. The Morgan fingerprint density at radius 1 is 1.35 bits per heavy atom. The van der Waals surface area contributed by atoms with Crippen molar-refractivity contribution in [1.82, 2.24) is 14.7 Å². The van der Waals surface area contributed by atoms with E-state index >= 15 is 0 Å². The molecule has 2 aliphatic rings. The fourth-order valence-corrected chi connectivity index (χ4v) is 4.04. The van der Waals surface area contributed by atoms with Crippen molar-refractivity contribution in [3.63, 3.8) is 0 Å². The number of aromatic nitrogens is 2. The van der Waals surface area contributed by atoms with Gasteiger partial charge in [-0.3, -0.25) is 9.58 Å². The van der Waals surface area contributed by atoms with Crippen LogP contribution in [0.5, 0.6) is 0 Å². The molecule has 0 aliphatic carbocycles. The van der Waals surface area contributed by atoms with Crippen LogP contribution in [0.3, 0.4) is 0 Å². The van der Waals surface area contributed by atoms with Crippen molar-refractivity contribution >= 4 is 0 Å². The fourth-order valence-electron chi connectivity index (χ4n) is 4.04. The van der Waals surface area contributed by atoms with Gasteiger partial charge in [0.15, 0.2) is 0 Å². The standard InChI is InChI=1S/C18H31N3O2/c1-14(2)9-20-11-16-8-19-21(10-15-4-6-23-7-5-15)18(16)17(12-20)13-22-3/h8,14-15,17H,4-7,9-13H2,1-3H3. The second-order valence-electron chi connectivity index (χ2n) is 7.53. The van der Waals surface area contributed by atoms with E-state index in [1.54, 1.807) is 7.11 Å². The maximum atomic E-state index is 5.52. The smallest absolute Gasteiger partial charge is 0.0558 e. The normalized spacial score (nSPS) is 23.4. The largest absolute Gasteiger partial charge is 0.384 e. The van der Waals surface area contributed by atoms with E-state index in [2.05, 4.69) is 29.6 Å². The molecule has 0 N–H and O–H groups in total. The quantitative estimate of drug-likeness (QED) is 0.807. The molecule has 0 bridgehead atoms. The van der Waals surface area contributed by atoms with Gasteiger partial charge in [-0.2, -0.15) is 5.10 Å². The van der Waals surface area contributed by atoms with Crippen molar-refractivity contribution in [3.05, 3.63) is 17.5 Å². The van der Waals surface area contributed by atoms with E-state index in [0.29, 0.717) is 17.8 Å². The minimum atomic E-state index is 0.435. The van der Waals surface area contributed by atoms with Gasteiger partial charge in [0.2, 0.25) is 0 Å². The van der Waals surface area contributed by atoms with E-state index < -0.39 is 0 Å². The average molecular weight is 321 g/mol. The third-order valence-corrected chi connectivity index (χ3v) is 4.98. The molecule has 0 aromatic carbocycles. The number of fused-ring (bicyclic) bond motifs is 1. The van der Waals surface area contributed by atoms with Crippen molar-refractivity contribution in [2.75, 3.05) is 40.0 Å². The number of hydrogen-bond acceptors (Lipinski definition) is 4. The lowest BCUT2D eigenvalue weighted by atomic mass is 9.95. The summed E-state index contributed by atoms with van der Waals surface area (Å²) in [4.78, 5) is 2.55. The van der Waals surface area contributed by atoms with Gasteiger partial charge < -0.3 is 9.47 Å². The molecule has 1 atom stereocenters. The number of nitrogens with zero attached hydrogens (tertiary/aromatic N) is 3. The second kappa shape index (κ2) is 7.77. The molecule has 23 heavy (non-hydrogen) atoms. The minimum absolute atomic E-state index is 0.435. The zero-order valence-corrected chi connectivity index (χ0v) is 14.8. The zero-order valence-electron chi connectivity index (χ0n) is 14.8. The maximum Gasteiger partial charge on any atom is 0.0558 e. The molecule has 3 heterocycles. The van der Waals surface area contributed by atoms with Crippen LogP contribution >= 0.6 is 0 Å². The van der Waals surface area contributed by atoms with Crippen LogP contribution in [-0.2, 0) is 22.6 Å². The Morgan fingerprint density at radius 3 is 2.83 bits per heavy atom. The van der Waals surface area contributed by atoms with Crippen molar-refractivity contribution in [2.45, 2.75) is 45.7 Å². The van der Waals surface area contributed by atoms with Gasteiger partial charge in [0.05, 0.1) is 12.8 Å². The van der Waals surface area contributed by atoms with Crippen molar-refractivity contribution in [3.8, 4) is 0 Å². The van der Waals surface area contributed by atoms with Gasteiger partial charge in [0.1, 0.15) is 0 Å². The van der Waals surface area contributed by atoms with Gasteiger partial charge in [-0.05, 0) is 24.7 Å². The lowest BCUT2D eigenvalue weighted by molar-refractivity contribution is 0.0590. The van der Waals surface area contributed by atoms with E-state index in [0.717, 1.165) is 58.8 Å². The molecule has 5 nitrogen and oxygen atoms in total. The molecule has 130 valence electrons. The predicted molar refractivity (Wildman–Crippen MR) is 90.5 cm³/mol. The fraction of sp³-hybridized carbons (Fsp3) is 0.833. The molecule has 0 spiro atoms.